The molecule has 7 nitrogen and oxygen atoms in total. The van der Waals surface area contributed by atoms with Crippen LogP contribution in [-0.2, 0) is 4.74 Å². The summed E-state index contributed by atoms with van der Waals surface area (Å²) in [5, 5.41) is 19.1. The number of aromatic amines is 1. The number of hydrogen-bond donors (Lipinski definition) is 3. The first-order valence-corrected chi connectivity index (χ1v) is 11.0. The maximum absolute atomic E-state index is 12.1. The first kappa shape index (κ1) is 21.2. The standard InChI is InChI=1S/C17H13I3N2O5/c18-10-4-12(20)11(19)3-8(10)1-2-9-6-22(17(26)21-16(9)25)15-5-13(24)14(7-23)27-15/h3-4,6,13-15,23-24H,5,7H2,(H,21,25,26)/t13-,14+,15+/m0/s1. The maximum atomic E-state index is 12.1. The van der Waals surface area contributed by atoms with Crippen molar-refractivity contribution >= 4 is 67.8 Å². The Morgan fingerprint density at radius 3 is 2.48 bits per heavy atom. The lowest BCUT2D eigenvalue weighted by atomic mass is 10.2. The highest BCUT2D eigenvalue weighted by atomic mass is 127. The summed E-state index contributed by atoms with van der Waals surface area (Å²) < 4.78 is 9.80. The van der Waals surface area contributed by atoms with Gasteiger partial charge in [0.25, 0.3) is 5.56 Å². The van der Waals surface area contributed by atoms with Crippen LogP contribution in [0.5, 0.6) is 0 Å². The minimum Gasteiger partial charge on any atom is -0.394 e. The molecular formula is C17H13I3N2O5. The summed E-state index contributed by atoms with van der Waals surface area (Å²) in [5.41, 5.74) is -0.342. The average Bonchev–Trinajstić information content (AvgIpc) is 2.98. The van der Waals surface area contributed by atoms with E-state index in [1.165, 1.54) is 10.8 Å². The predicted octanol–water partition coefficient (Wildman–Crippen LogP) is 1.39. The minimum absolute atomic E-state index is 0.115. The summed E-state index contributed by atoms with van der Waals surface area (Å²) in [7, 11) is 0. The van der Waals surface area contributed by atoms with Gasteiger partial charge in [-0.2, -0.15) is 0 Å². The van der Waals surface area contributed by atoms with Crippen molar-refractivity contribution in [1.82, 2.24) is 9.55 Å². The van der Waals surface area contributed by atoms with Crippen molar-refractivity contribution in [3.63, 3.8) is 0 Å². The highest BCUT2D eigenvalue weighted by Gasteiger charge is 2.35. The van der Waals surface area contributed by atoms with E-state index in [1.54, 1.807) is 0 Å². The SMILES string of the molecule is O=c1[nH]c(=O)n([C@H]2C[C@H](O)[C@@H](CO)O2)cc1C#Cc1cc(I)c(I)cc1I. The van der Waals surface area contributed by atoms with Crippen LogP contribution in [0.15, 0.2) is 27.9 Å². The molecule has 3 atom stereocenters. The van der Waals surface area contributed by atoms with Crippen LogP contribution in [0.25, 0.3) is 0 Å². The molecule has 1 fully saturated rings. The third kappa shape index (κ3) is 4.75. The third-order valence-corrected chi connectivity index (χ3v) is 7.71. The second kappa shape index (κ2) is 8.91. The molecule has 0 amide bonds. The normalized spacial score (nSPS) is 21.7. The van der Waals surface area contributed by atoms with Gasteiger partial charge >= 0.3 is 5.69 Å². The van der Waals surface area contributed by atoms with Gasteiger partial charge in [0.15, 0.2) is 0 Å². The Labute approximate surface area is 194 Å². The van der Waals surface area contributed by atoms with Crippen LogP contribution in [0, 0.1) is 22.6 Å². The topological polar surface area (TPSA) is 105 Å². The molecule has 0 spiro atoms. The number of nitrogens with zero attached hydrogens (tertiary/aromatic N) is 1. The fourth-order valence-corrected chi connectivity index (χ4v) is 4.72. The van der Waals surface area contributed by atoms with Gasteiger partial charge in [-0.3, -0.25) is 14.3 Å². The van der Waals surface area contributed by atoms with E-state index in [1.807, 2.05) is 12.1 Å². The number of ether oxygens (including phenoxy) is 1. The zero-order valence-corrected chi connectivity index (χ0v) is 20.1. The lowest BCUT2D eigenvalue weighted by molar-refractivity contribution is -0.0459. The van der Waals surface area contributed by atoms with Gasteiger partial charge in [-0.25, -0.2) is 4.79 Å². The molecule has 1 aliphatic heterocycles. The summed E-state index contributed by atoms with van der Waals surface area (Å²) in [5.74, 6) is 5.79. The number of aliphatic hydroxyl groups is 2. The van der Waals surface area contributed by atoms with Gasteiger partial charge in [-0.15, -0.1) is 0 Å². The van der Waals surface area contributed by atoms with Crippen LogP contribution in [0.3, 0.4) is 0 Å². The fraction of sp³-hybridized carbons (Fsp3) is 0.294. The molecule has 3 rings (SSSR count). The molecule has 2 aromatic rings. The summed E-state index contributed by atoms with van der Waals surface area (Å²) in [6, 6.07) is 3.93. The summed E-state index contributed by atoms with van der Waals surface area (Å²) >= 11 is 6.64. The predicted molar refractivity (Wildman–Crippen MR) is 124 cm³/mol. The van der Waals surface area contributed by atoms with Gasteiger partial charge in [0.05, 0.1) is 12.7 Å². The number of nitrogens with one attached hydrogen (secondary N) is 1. The third-order valence-electron chi connectivity index (χ3n) is 4.00. The Kier molecular flexibility index (Phi) is 7.01. The zero-order valence-electron chi connectivity index (χ0n) is 13.6. The van der Waals surface area contributed by atoms with E-state index in [9.17, 15) is 19.8 Å². The summed E-state index contributed by atoms with van der Waals surface area (Å²) in [6.45, 7) is -0.355. The molecule has 3 N–H and O–H groups in total. The molecule has 27 heavy (non-hydrogen) atoms. The number of halogens is 3. The highest BCUT2D eigenvalue weighted by Crippen LogP contribution is 2.27. The van der Waals surface area contributed by atoms with Crippen LogP contribution in [-0.4, -0.2) is 38.6 Å². The molecule has 1 aromatic carbocycles. The number of aliphatic hydroxyl groups excluding tert-OH is 2. The van der Waals surface area contributed by atoms with Crippen molar-refractivity contribution in [3.05, 3.63) is 61.0 Å². The first-order chi connectivity index (χ1) is 12.8. The number of benzene rings is 1. The van der Waals surface area contributed by atoms with Gasteiger partial charge in [0.1, 0.15) is 17.9 Å². The van der Waals surface area contributed by atoms with Crippen molar-refractivity contribution in [1.29, 1.82) is 0 Å². The van der Waals surface area contributed by atoms with E-state index >= 15 is 0 Å². The van der Waals surface area contributed by atoms with Crippen molar-refractivity contribution < 1.29 is 14.9 Å². The molecule has 0 aliphatic carbocycles. The molecule has 2 heterocycles. The number of hydrogen-bond acceptors (Lipinski definition) is 5. The van der Waals surface area contributed by atoms with Crippen molar-refractivity contribution in [2.75, 3.05) is 6.61 Å². The van der Waals surface area contributed by atoms with Gasteiger partial charge in [-0.1, -0.05) is 11.8 Å². The molecule has 0 bridgehead atoms. The minimum atomic E-state index is -0.885. The van der Waals surface area contributed by atoms with Gasteiger partial charge in [0.2, 0.25) is 0 Å². The second-order valence-electron chi connectivity index (χ2n) is 5.82. The van der Waals surface area contributed by atoms with E-state index < -0.39 is 29.7 Å². The molecule has 0 radical (unpaired) electrons. The van der Waals surface area contributed by atoms with Gasteiger partial charge in [-0.05, 0) is 79.9 Å². The molecule has 1 aromatic heterocycles. The Morgan fingerprint density at radius 1 is 1.15 bits per heavy atom. The lowest BCUT2D eigenvalue weighted by Gasteiger charge is -2.14. The Morgan fingerprint density at radius 2 is 1.81 bits per heavy atom. The van der Waals surface area contributed by atoms with Crippen LogP contribution in [0.2, 0.25) is 0 Å². The number of rotatable bonds is 2. The smallest absolute Gasteiger partial charge is 0.330 e. The van der Waals surface area contributed by atoms with Crippen LogP contribution >= 0.6 is 67.8 Å². The molecule has 142 valence electrons. The van der Waals surface area contributed by atoms with E-state index in [2.05, 4.69) is 84.6 Å². The van der Waals surface area contributed by atoms with Crippen LogP contribution < -0.4 is 11.2 Å². The molecule has 10 heteroatoms. The van der Waals surface area contributed by atoms with Crippen molar-refractivity contribution in [2.45, 2.75) is 24.9 Å². The zero-order chi connectivity index (χ0) is 19.7. The maximum Gasteiger partial charge on any atom is 0.330 e. The second-order valence-corrected chi connectivity index (χ2v) is 9.31. The molecule has 1 aliphatic rings. The number of aromatic nitrogens is 2. The Balaban J connectivity index is 1.98. The first-order valence-electron chi connectivity index (χ1n) is 7.76. The van der Waals surface area contributed by atoms with E-state index in [-0.39, 0.29) is 18.6 Å². The quantitative estimate of drug-likeness (QED) is 0.249. The summed E-state index contributed by atoms with van der Waals surface area (Å²) in [4.78, 5) is 26.5. The Hall–Kier alpha value is -0.470. The average molecular weight is 706 g/mol. The van der Waals surface area contributed by atoms with E-state index in [4.69, 9.17) is 4.74 Å². The number of H-pyrrole nitrogens is 1. The van der Waals surface area contributed by atoms with Crippen molar-refractivity contribution in [3.8, 4) is 11.8 Å². The van der Waals surface area contributed by atoms with Crippen LogP contribution in [0.4, 0.5) is 0 Å². The largest absolute Gasteiger partial charge is 0.394 e. The van der Waals surface area contributed by atoms with E-state index in [0.717, 1.165) is 16.3 Å². The Bertz CT molecular complexity index is 1050. The molecule has 1 saturated heterocycles. The van der Waals surface area contributed by atoms with Crippen molar-refractivity contribution in [2.24, 2.45) is 0 Å². The van der Waals surface area contributed by atoms with Crippen LogP contribution in [0.1, 0.15) is 23.8 Å². The lowest BCUT2D eigenvalue weighted by Crippen LogP contribution is -2.33. The fourth-order valence-electron chi connectivity index (χ4n) is 2.59. The van der Waals surface area contributed by atoms with Gasteiger partial charge in [0, 0.05) is 28.9 Å². The monoisotopic (exact) mass is 706 g/mol. The highest BCUT2D eigenvalue weighted by molar-refractivity contribution is 14.1. The summed E-state index contributed by atoms with van der Waals surface area (Å²) in [6.07, 6.45) is -0.961. The van der Waals surface area contributed by atoms with E-state index in [0.29, 0.717) is 0 Å². The molecular weight excluding hydrogens is 693 g/mol. The molecule has 0 unspecified atom stereocenters. The molecule has 0 saturated carbocycles. The van der Waals surface area contributed by atoms with Gasteiger partial charge < -0.3 is 14.9 Å².